The maximum atomic E-state index is 3.89. The van der Waals surface area contributed by atoms with Crippen molar-refractivity contribution in [1.82, 2.24) is 0 Å². The molecule has 0 saturated heterocycles. The molecule has 1 aromatic rings. The summed E-state index contributed by atoms with van der Waals surface area (Å²) in [7, 11) is 0. The Bertz CT molecular complexity index is 343. The van der Waals surface area contributed by atoms with Crippen LogP contribution >= 0.6 is 15.9 Å². The van der Waals surface area contributed by atoms with Crippen molar-refractivity contribution in [1.29, 1.82) is 0 Å². The summed E-state index contributed by atoms with van der Waals surface area (Å²) in [4.78, 5) is 0.538. The highest BCUT2D eigenvalue weighted by Crippen LogP contribution is 2.32. The fourth-order valence-electron chi connectivity index (χ4n) is 2.38. The fourth-order valence-corrected chi connectivity index (χ4v) is 3.13. The molecule has 0 aromatic heterocycles. The van der Waals surface area contributed by atoms with Gasteiger partial charge in [0.15, 0.2) is 0 Å². The third kappa shape index (κ3) is 4.76. The van der Waals surface area contributed by atoms with Crippen LogP contribution in [0.25, 0.3) is 0 Å². The summed E-state index contributed by atoms with van der Waals surface area (Å²) in [6.45, 7) is 6.75. The molecule has 102 valence electrons. The molecular weight excluding hydrogens is 284 g/mol. The van der Waals surface area contributed by atoms with Gasteiger partial charge in [-0.3, -0.25) is 0 Å². The minimum atomic E-state index is 0.538. The van der Waals surface area contributed by atoms with Crippen molar-refractivity contribution in [3.8, 4) is 0 Å². The Hall–Kier alpha value is -0.300. The third-order valence-electron chi connectivity index (χ3n) is 3.65. The maximum Gasteiger partial charge on any atom is 0.0398 e. The van der Waals surface area contributed by atoms with E-state index in [0.717, 1.165) is 12.8 Å². The zero-order chi connectivity index (χ0) is 13.4. The Kier molecular flexibility index (Phi) is 7.65. The zero-order valence-corrected chi connectivity index (χ0v) is 13.7. The van der Waals surface area contributed by atoms with Gasteiger partial charge in [-0.05, 0) is 36.0 Å². The summed E-state index contributed by atoms with van der Waals surface area (Å²) < 4.78 is 0. The van der Waals surface area contributed by atoms with E-state index in [1.54, 1.807) is 0 Å². The second-order valence-electron chi connectivity index (χ2n) is 5.06. The van der Waals surface area contributed by atoms with E-state index in [2.05, 4.69) is 54.9 Å². The minimum Gasteiger partial charge on any atom is -0.0839 e. The van der Waals surface area contributed by atoms with E-state index in [-0.39, 0.29) is 0 Å². The highest BCUT2D eigenvalue weighted by molar-refractivity contribution is 9.09. The molecule has 0 radical (unpaired) electrons. The molecule has 0 aliphatic rings. The van der Waals surface area contributed by atoms with Crippen LogP contribution in [0.15, 0.2) is 18.2 Å². The number of aryl methyl sites for hydroxylation is 2. The van der Waals surface area contributed by atoms with Crippen molar-refractivity contribution in [3.05, 3.63) is 34.9 Å². The summed E-state index contributed by atoms with van der Waals surface area (Å²) in [6, 6.07) is 6.99. The smallest absolute Gasteiger partial charge is 0.0398 e. The summed E-state index contributed by atoms with van der Waals surface area (Å²) >= 11 is 3.89. The number of unbranched alkanes of at least 4 members (excludes halogenated alkanes) is 3. The van der Waals surface area contributed by atoms with Gasteiger partial charge < -0.3 is 0 Å². The quantitative estimate of drug-likeness (QED) is 0.395. The lowest BCUT2D eigenvalue weighted by atomic mass is 9.96. The zero-order valence-electron chi connectivity index (χ0n) is 12.1. The van der Waals surface area contributed by atoms with Gasteiger partial charge in [0.1, 0.15) is 0 Å². The summed E-state index contributed by atoms with van der Waals surface area (Å²) in [5.74, 6) is 0. The highest BCUT2D eigenvalue weighted by Gasteiger charge is 2.11. The van der Waals surface area contributed by atoms with E-state index in [9.17, 15) is 0 Å². The molecular formula is C17H27Br. The topological polar surface area (TPSA) is 0 Å². The van der Waals surface area contributed by atoms with Gasteiger partial charge >= 0.3 is 0 Å². The number of alkyl halides is 1. The molecule has 0 heterocycles. The molecule has 0 amide bonds. The molecule has 18 heavy (non-hydrogen) atoms. The molecule has 0 nitrogen and oxygen atoms in total. The first-order chi connectivity index (χ1) is 8.72. The normalized spacial score (nSPS) is 12.7. The molecule has 1 heteroatoms. The molecule has 1 atom stereocenters. The Morgan fingerprint density at radius 3 is 2.39 bits per heavy atom. The summed E-state index contributed by atoms with van der Waals surface area (Å²) in [5.41, 5.74) is 4.48. The van der Waals surface area contributed by atoms with Crippen LogP contribution in [-0.2, 0) is 12.8 Å². The van der Waals surface area contributed by atoms with Crippen molar-refractivity contribution in [2.75, 3.05) is 0 Å². The monoisotopic (exact) mass is 310 g/mol. The van der Waals surface area contributed by atoms with Crippen LogP contribution in [0, 0.1) is 0 Å². The number of hydrogen-bond donors (Lipinski definition) is 0. The van der Waals surface area contributed by atoms with E-state index in [4.69, 9.17) is 0 Å². The average Bonchev–Trinajstić information content (AvgIpc) is 2.42. The number of hydrogen-bond acceptors (Lipinski definition) is 0. The molecule has 1 aromatic carbocycles. The molecule has 0 aliphatic carbocycles. The first kappa shape index (κ1) is 15.8. The van der Waals surface area contributed by atoms with E-state index in [1.165, 1.54) is 48.8 Å². The molecule has 0 fully saturated rings. The second-order valence-corrected chi connectivity index (χ2v) is 6.16. The standard InChI is InChI=1S/C17H27Br/c1-4-7-8-9-10-17(18)16-13-14(5-2)11-12-15(16)6-3/h11-13,17H,4-10H2,1-3H3. The number of halogens is 1. The van der Waals surface area contributed by atoms with Gasteiger partial charge in [0.2, 0.25) is 0 Å². The van der Waals surface area contributed by atoms with Gasteiger partial charge in [-0.2, -0.15) is 0 Å². The van der Waals surface area contributed by atoms with Crippen LogP contribution in [0.5, 0.6) is 0 Å². The highest BCUT2D eigenvalue weighted by atomic mass is 79.9. The molecule has 0 spiro atoms. The van der Waals surface area contributed by atoms with Gasteiger partial charge in [-0.15, -0.1) is 0 Å². The van der Waals surface area contributed by atoms with E-state index < -0.39 is 0 Å². The van der Waals surface area contributed by atoms with E-state index >= 15 is 0 Å². The molecule has 0 N–H and O–H groups in total. The van der Waals surface area contributed by atoms with Crippen LogP contribution in [-0.4, -0.2) is 0 Å². The van der Waals surface area contributed by atoms with Crippen molar-refractivity contribution in [2.24, 2.45) is 0 Å². The summed E-state index contributed by atoms with van der Waals surface area (Å²) in [5, 5.41) is 0. The van der Waals surface area contributed by atoms with Crippen LogP contribution in [0.3, 0.4) is 0 Å². The Labute approximate surface area is 121 Å². The lowest BCUT2D eigenvalue weighted by Crippen LogP contribution is -1.98. The first-order valence-corrected chi connectivity index (χ1v) is 8.40. The lowest BCUT2D eigenvalue weighted by Gasteiger charge is -2.16. The van der Waals surface area contributed by atoms with Crippen LogP contribution in [0.1, 0.15) is 74.4 Å². The predicted octanol–water partition coefficient (Wildman–Crippen LogP) is 6.22. The number of benzene rings is 1. The Balaban J connectivity index is 2.66. The van der Waals surface area contributed by atoms with Crippen molar-refractivity contribution in [3.63, 3.8) is 0 Å². The van der Waals surface area contributed by atoms with Gasteiger partial charge in [-0.1, -0.05) is 80.6 Å². The SMILES string of the molecule is CCCCCCC(Br)c1cc(CC)ccc1CC. The van der Waals surface area contributed by atoms with Crippen molar-refractivity contribution in [2.45, 2.75) is 70.5 Å². The van der Waals surface area contributed by atoms with E-state index in [0.29, 0.717) is 4.83 Å². The molecule has 0 aliphatic heterocycles. The van der Waals surface area contributed by atoms with Crippen molar-refractivity contribution < 1.29 is 0 Å². The Morgan fingerprint density at radius 2 is 1.78 bits per heavy atom. The second kappa shape index (κ2) is 8.74. The summed E-state index contributed by atoms with van der Waals surface area (Å²) in [6.07, 6.45) is 8.92. The van der Waals surface area contributed by atoms with Crippen molar-refractivity contribution >= 4 is 15.9 Å². The Morgan fingerprint density at radius 1 is 1.00 bits per heavy atom. The third-order valence-corrected chi connectivity index (χ3v) is 4.60. The van der Waals surface area contributed by atoms with Gasteiger partial charge in [-0.25, -0.2) is 0 Å². The predicted molar refractivity (Wildman–Crippen MR) is 85.6 cm³/mol. The lowest BCUT2D eigenvalue weighted by molar-refractivity contribution is 0.628. The van der Waals surface area contributed by atoms with Crippen LogP contribution in [0.2, 0.25) is 0 Å². The maximum absolute atomic E-state index is 3.89. The molecule has 0 saturated carbocycles. The van der Waals surface area contributed by atoms with Gasteiger partial charge in [0, 0.05) is 4.83 Å². The molecule has 0 bridgehead atoms. The number of rotatable bonds is 8. The van der Waals surface area contributed by atoms with Gasteiger partial charge in [0.05, 0.1) is 0 Å². The van der Waals surface area contributed by atoms with E-state index in [1.807, 2.05) is 0 Å². The molecule has 1 unspecified atom stereocenters. The average molecular weight is 311 g/mol. The van der Waals surface area contributed by atoms with Crippen LogP contribution < -0.4 is 0 Å². The first-order valence-electron chi connectivity index (χ1n) is 7.48. The molecule has 1 rings (SSSR count). The fraction of sp³-hybridized carbons (Fsp3) is 0.647. The van der Waals surface area contributed by atoms with Crippen LogP contribution in [0.4, 0.5) is 0 Å². The largest absolute Gasteiger partial charge is 0.0839 e. The van der Waals surface area contributed by atoms with Gasteiger partial charge in [0.25, 0.3) is 0 Å². The minimum absolute atomic E-state index is 0.538.